The lowest BCUT2D eigenvalue weighted by molar-refractivity contribution is -0.192. The second-order valence-corrected chi connectivity index (χ2v) is 8.23. The molecule has 0 aliphatic carbocycles. The summed E-state index contributed by atoms with van der Waals surface area (Å²) in [7, 11) is 1.85. The van der Waals surface area contributed by atoms with Crippen molar-refractivity contribution in [1.82, 2.24) is 25.1 Å². The van der Waals surface area contributed by atoms with Crippen molar-refractivity contribution in [1.29, 1.82) is 0 Å². The molecule has 36 heavy (non-hydrogen) atoms. The summed E-state index contributed by atoms with van der Waals surface area (Å²) in [5, 5.41) is 13.4. The van der Waals surface area contributed by atoms with E-state index in [-0.39, 0.29) is 11.6 Å². The van der Waals surface area contributed by atoms with Crippen LogP contribution < -0.4 is 10.6 Å². The Kier molecular flexibility index (Phi) is 8.46. The van der Waals surface area contributed by atoms with Crippen LogP contribution in [-0.4, -0.2) is 74.9 Å². The fourth-order valence-electron chi connectivity index (χ4n) is 3.83. The molecule has 0 spiro atoms. The van der Waals surface area contributed by atoms with Crippen LogP contribution in [0.5, 0.6) is 0 Å². The molecule has 1 fully saturated rings. The van der Waals surface area contributed by atoms with Gasteiger partial charge < -0.3 is 14.9 Å². The molecule has 1 amide bonds. The molecule has 0 bridgehead atoms. The topological polar surface area (TPSA) is 135 Å². The van der Waals surface area contributed by atoms with Crippen molar-refractivity contribution in [2.75, 3.05) is 31.6 Å². The average Bonchev–Trinajstić information content (AvgIpc) is 3.31. The van der Waals surface area contributed by atoms with Crippen molar-refractivity contribution in [2.45, 2.75) is 19.0 Å². The van der Waals surface area contributed by atoms with Gasteiger partial charge in [-0.15, -0.1) is 0 Å². The number of amides is 1. The van der Waals surface area contributed by atoms with Gasteiger partial charge >= 0.3 is 17.8 Å². The van der Waals surface area contributed by atoms with Crippen LogP contribution in [0.1, 0.15) is 23.2 Å². The predicted molar refractivity (Wildman–Crippen MR) is 124 cm³/mol. The van der Waals surface area contributed by atoms with Crippen molar-refractivity contribution in [3.05, 3.63) is 64.8 Å². The van der Waals surface area contributed by atoms with Gasteiger partial charge in [-0.3, -0.25) is 14.8 Å². The fraction of sp³-hybridized carbons (Fsp3) is 0.348. The Labute approximate surface area is 203 Å². The van der Waals surface area contributed by atoms with Crippen molar-refractivity contribution < 1.29 is 27.9 Å². The van der Waals surface area contributed by atoms with Crippen molar-refractivity contribution in [2.24, 2.45) is 5.92 Å². The van der Waals surface area contributed by atoms with Gasteiger partial charge in [0, 0.05) is 55.9 Å². The van der Waals surface area contributed by atoms with Crippen LogP contribution >= 0.6 is 0 Å². The first-order chi connectivity index (χ1) is 17.0. The molecule has 0 radical (unpaired) electrons. The average molecular weight is 506 g/mol. The van der Waals surface area contributed by atoms with Crippen molar-refractivity contribution in [3.63, 3.8) is 0 Å². The Morgan fingerprint density at radius 3 is 2.36 bits per heavy atom. The van der Waals surface area contributed by atoms with Gasteiger partial charge in [0.1, 0.15) is 0 Å². The molecule has 13 heteroatoms. The van der Waals surface area contributed by atoms with Gasteiger partial charge in [0.05, 0.1) is 0 Å². The lowest BCUT2D eigenvalue weighted by Crippen LogP contribution is -2.39. The van der Waals surface area contributed by atoms with E-state index in [2.05, 4.69) is 25.1 Å². The Hall–Kier alpha value is -4.16. The summed E-state index contributed by atoms with van der Waals surface area (Å²) in [5.74, 6) is -1.88. The highest BCUT2D eigenvalue weighted by atomic mass is 19.4. The Morgan fingerprint density at radius 2 is 1.81 bits per heavy atom. The molecular formula is C23H25F3N6O4. The van der Waals surface area contributed by atoms with E-state index < -0.39 is 12.1 Å². The highest BCUT2D eigenvalue weighted by molar-refractivity contribution is 5.95. The van der Waals surface area contributed by atoms with E-state index in [1.807, 2.05) is 37.6 Å². The summed E-state index contributed by atoms with van der Waals surface area (Å²) < 4.78 is 31.7. The molecule has 0 saturated carbocycles. The van der Waals surface area contributed by atoms with Crippen molar-refractivity contribution >= 4 is 17.6 Å². The molecule has 192 valence electrons. The summed E-state index contributed by atoms with van der Waals surface area (Å²) in [4.78, 5) is 43.9. The smallest absolute Gasteiger partial charge is 0.475 e. The third-order valence-corrected chi connectivity index (χ3v) is 5.65. The number of carbonyl (C=O) groups is 2. The van der Waals surface area contributed by atoms with Gasteiger partial charge in [-0.05, 0) is 43.0 Å². The highest BCUT2D eigenvalue weighted by Crippen LogP contribution is 2.24. The van der Waals surface area contributed by atoms with Crippen LogP contribution in [0.15, 0.2) is 53.6 Å². The van der Waals surface area contributed by atoms with E-state index in [1.165, 1.54) is 5.69 Å². The first-order valence-corrected chi connectivity index (χ1v) is 11.0. The number of aromatic amines is 2. The third kappa shape index (κ3) is 7.17. The van der Waals surface area contributed by atoms with Crippen LogP contribution in [0.25, 0.3) is 11.4 Å². The second-order valence-electron chi connectivity index (χ2n) is 8.23. The van der Waals surface area contributed by atoms with Crippen LogP contribution in [0.2, 0.25) is 0 Å². The Morgan fingerprint density at radius 1 is 1.17 bits per heavy atom. The predicted octanol–water partition coefficient (Wildman–Crippen LogP) is 2.78. The quantitative estimate of drug-likeness (QED) is 0.484. The number of rotatable bonds is 5. The van der Waals surface area contributed by atoms with Crippen LogP contribution in [0.3, 0.4) is 0 Å². The van der Waals surface area contributed by atoms with E-state index in [0.29, 0.717) is 22.9 Å². The number of benzene rings is 1. The van der Waals surface area contributed by atoms with Gasteiger partial charge in [0.2, 0.25) is 0 Å². The number of carboxylic acid groups (broad SMARTS) is 1. The summed E-state index contributed by atoms with van der Waals surface area (Å²) in [6, 6.07) is 11.2. The van der Waals surface area contributed by atoms with Gasteiger partial charge in [0.25, 0.3) is 5.91 Å². The number of aromatic nitrogens is 4. The number of carbonyl (C=O) groups excluding carboxylic acids is 1. The largest absolute Gasteiger partial charge is 0.490 e. The first-order valence-electron chi connectivity index (χ1n) is 11.0. The monoisotopic (exact) mass is 506 g/mol. The van der Waals surface area contributed by atoms with E-state index in [9.17, 15) is 22.8 Å². The standard InChI is InChI=1S/C21H24N6O2.C2HF3O2/c1-26(14-15-7-11-27(12-8-15)18-5-9-22-10-6-18)20(28)17-4-2-3-16(13-17)19-23-21(29)25-24-19;3-2(4,5)1(6)7/h2-6,9-10,13,15H,7-8,11-12,14H2,1H3,(H2,23,24,25,29);(H,6,7). The van der Waals surface area contributed by atoms with Gasteiger partial charge in [0.15, 0.2) is 5.82 Å². The molecule has 3 heterocycles. The van der Waals surface area contributed by atoms with Crippen LogP contribution in [-0.2, 0) is 4.79 Å². The van der Waals surface area contributed by atoms with Gasteiger partial charge in [-0.25, -0.2) is 14.7 Å². The summed E-state index contributed by atoms with van der Waals surface area (Å²) in [6.07, 6.45) is 0.657. The number of hydrogen-bond donors (Lipinski definition) is 3. The Balaban J connectivity index is 0.000000454. The van der Waals surface area contributed by atoms with Gasteiger partial charge in [-0.1, -0.05) is 12.1 Å². The normalized spacial score (nSPS) is 14.1. The van der Waals surface area contributed by atoms with E-state index in [1.54, 1.807) is 23.1 Å². The van der Waals surface area contributed by atoms with E-state index in [4.69, 9.17) is 9.90 Å². The minimum atomic E-state index is -5.08. The number of hydrogen-bond acceptors (Lipinski definition) is 6. The molecule has 0 atom stereocenters. The molecule has 10 nitrogen and oxygen atoms in total. The third-order valence-electron chi connectivity index (χ3n) is 5.65. The minimum Gasteiger partial charge on any atom is -0.475 e. The van der Waals surface area contributed by atoms with Crippen molar-refractivity contribution in [3.8, 4) is 11.4 Å². The van der Waals surface area contributed by atoms with E-state index >= 15 is 0 Å². The molecule has 1 aromatic carbocycles. The lowest BCUT2D eigenvalue weighted by atomic mass is 9.95. The molecule has 2 aromatic heterocycles. The lowest BCUT2D eigenvalue weighted by Gasteiger charge is -2.35. The first kappa shape index (κ1) is 26.4. The molecule has 4 rings (SSSR count). The Bertz CT molecular complexity index is 1220. The van der Waals surface area contributed by atoms with Gasteiger partial charge in [-0.2, -0.15) is 18.3 Å². The molecule has 1 aliphatic rings. The zero-order chi connectivity index (χ0) is 26.3. The number of pyridine rings is 1. The molecular weight excluding hydrogens is 481 g/mol. The maximum absolute atomic E-state index is 12.9. The number of anilines is 1. The zero-order valence-corrected chi connectivity index (χ0v) is 19.3. The minimum absolute atomic E-state index is 0.0266. The summed E-state index contributed by atoms with van der Waals surface area (Å²) in [5.41, 5.74) is 2.12. The highest BCUT2D eigenvalue weighted by Gasteiger charge is 2.38. The number of aliphatic carboxylic acids is 1. The maximum atomic E-state index is 12.9. The van der Waals surface area contributed by atoms with Crippen LogP contribution in [0, 0.1) is 5.92 Å². The number of carboxylic acids is 1. The maximum Gasteiger partial charge on any atom is 0.490 e. The summed E-state index contributed by atoms with van der Waals surface area (Å²) >= 11 is 0. The molecule has 0 unspecified atom stereocenters. The van der Waals surface area contributed by atoms with E-state index in [0.717, 1.165) is 32.5 Å². The number of halogens is 3. The summed E-state index contributed by atoms with van der Waals surface area (Å²) in [6.45, 7) is 2.70. The second kappa shape index (κ2) is 11.5. The number of piperidine rings is 1. The molecule has 3 aromatic rings. The number of H-pyrrole nitrogens is 2. The fourth-order valence-corrected chi connectivity index (χ4v) is 3.83. The molecule has 3 N–H and O–H groups in total. The zero-order valence-electron chi connectivity index (χ0n) is 19.3. The molecule has 1 aliphatic heterocycles. The molecule has 1 saturated heterocycles. The number of nitrogens with one attached hydrogen (secondary N) is 2. The number of nitrogens with zero attached hydrogens (tertiary/aromatic N) is 4. The SMILES string of the molecule is CN(CC1CCN(c2ccncc2)CC1)C(=O)c1cccc(-c2n[nH]c(=O)[nH]2)c1.O=C(O)C(F)(F)F. The number of alkyl halides is 3. The van der Waals surface area contributed by atoms with Crippen LogP contribution in [0.4, 0.5) is 18.9 Å².